The number of ether oxygens (including phenoxy) is 3. The highest BCUT2D eigenvalue weighted by molar-refractivity contribution is 5.48. The number of hydrogen-bond donors (Lipinski definition) is 1. The molecule has 0 spiro atoms. The van der Waals surface area contributed by atoms with Crippen LogP contribution in [-0.2, 0) is 4.74 Å². The van der Waals surface area contributed by atoms with Crippen LogP contribution in [0.25, 0.3) is 0 Å². The Morgan fingerprint density at radius 1 is 1.12 bits per heavy atom. The van der Waals surface area contributed by atoms with Crippen LogP contribution in [0.4, 0.5) is 5.69 Å². The molecule has 1 heterocycles. The third kappa shape index (κ3) is 5.17. The minimum atomic E-state index is 0.0730. The maximum Gasteiger partial charge on any atom is 0.121 e. The van der Waals surface area contributed by atoms with Crippen LogP contribution in [0.15, 0.2) is 54.6 Å². The van der Waals surface area contributed by atoms with Gasteiger partial charge in [-0.3, -0.25) is 0 Å². The van der Waals surface area contributed by atoms with Crippen molar-refractivity contribution in [2.45, 2.75) is 32.0 Å². The summed E-state index contributed by atoms with van der Waals surface area (Å²) in [7, 11) is 0. The molecule has 2 unspecified atom stereocenters. The molecule has 1 aliphatic heterocycles. The summed E-state index contributed by atoms with van der Waals surface area (Å²) in [5.74, 6) is 1.76. The van der Waals surface area contributed by atoms with Crippen molar-refractivity contribution in [3.05, 3.63) is 54.6 Å². The van der Waals surface area contributed by atoms with E-state index in [4.69, 9.17) is 14.2 Å². The summed E-state index contributed by atoms with van der Waals surface area (Å²) in [6.45, 7) is 4.26. The van der Waals surface area contributed by atoms with Crippen LogP contribution in [-0.4, -0.2) is 32.0 Å². The largest absolute Gasteiger partial charge is 0.491 e. The van der Waals surface area contributed by atoms with Gasteiger partial charge in [0.2, 0.25) is 0 Å². The highest BCUT2D eigenvalue weighted by Gasteiger charge is 2.16. The van der Waals surface area contributed by atoms with Gasteiger partial charge in [-0.25, -0.2) is 0 Å². The van der Waals surface area contributed by atoms with E-state index in [1.165, 1.54) is 0 Å². The van der Waals surface area contributed by atoms with Gasteiger partial charge in [-0.15, -0.1) is 0 Å². The average Bonchev–Trinajstić information content (AvgIpc) is 3.13. The van der Waals surface area contributed by atoms with Gasteiger partial charge in [0, 0.05) is 18.4 Å². The average molecular weight is 327 g/mol. The van der Waals surface area contributed by atoms with Gasteiger partial charge in [0.15, 0.2) is 0 Å². The van der Waals surface area contributed by atoms with Gasteiger partial charge in [-0.05, 0) is 44.0 Å². The zero-order chi connectivity index (χ0) is 16.6. The van der Waals surface area contributed by atoms with Gasteiger partial charge in [-0.2, -0.15) is 0 Å². The summed E-state index contributed by atoms with van der Waals surface area (Å²) in [6, 6.07) is 17.9. The highest BCUT2D eigenvalue weighted by Crippen LogP contribution is 2.20. The van der Waals surface area contributed by atoms with Crippen LogP contribution in [0.2, 0.25) is 0 Å². The molecule has 4 nitrogen and oxygen atoms in total. The van der Waals surface area contributed by atoms with Gasteiger partial charge < -0.3 is 19.5 Å². The van der Waals surface area contributed by atoms with E-state index in [0.717, 1.165) is 43.2 Å². The number of hydrogen-bond acceptors (Lipinski definition) is 4. The summed E-state index contributed by atoms with van der Waals surface area (Å²) in [5, 5.41) is 3.40. The minimum Gasteiger partial charge on any atom is -0.491 e. The molecule has 3 rings (SSSR count). The van der Waals surface area contributed by atoms with Crippen LogP contribution in [0.5, 0.6) is 11.5 Å². The van der Waals surface area contributed by atoms with Gasteiger partial charge in [0.25, 0.3) is 0 Å². The number of anilines is 1. The molecule has 0 saturated carbocycles. The van der Waals surface area contributed by atoms with Crippen LogP contribution in [0.3, 0.4) is 0 Å². The lowest BCUT2D eigenvalue weighted by Crippen LogP contribution is -2.22. The fraction of sp³-hybridized carbons (Fsp3) is 0.400. The van der Waals surface area contributed by atoms with Crippen molar-refractivity contribution in [3.63, 3.8) is 0 Å². The summed E-state index contributed by atoms with van der Waals surface area (Å²) >= 11 is 0. The maximum atomic E-state index is 5.87. The predicted octanol–water partition coefficient (Wildman–Crippen LogP) is 4.12. The number of nitrogens with one attached hydrogen (secondary N) is 1. The van der Waals surface area contributed by atoms with Crippen LogP contribution < -0.4 is 14.8 Å². The molecule has 2 atom stereocenters. The summed E-state index contributed by atoms with van der Waals surface area (Å²) in [4.78, 5) is 0. The molecular formula is C20H25NO3. The Morgan fingerprint density at radius 3 is 2.75 bits per heavy atom. The third-order valence-electron chi connectivity index (χ3n) is 3.97. The molecular weight excluding hydrogens is 302 g/mol. The Kier molecular flexibility index (Phi) is 5.96. The quantitative estimate of drug-likeness (QED) is 0.791. The Bertz CT molecular complexity index is 611. The molecule has 1 aliphatic rings. The smallest absolute Gasteiger partial charge is 0.121 e. The normalized spacial score (nSPS) is 18.1. The van der Waals surface area contributed by atoms with E-state index in [1.54, 1.807) is 0 Å². The first kappa shape index (κ1) is 16.7. The molecule has 1 saturated heterocycles. The summed E-state index contributed by atoms with van der Waals surface area (Å²) in [6.07, 6.45) is 2.53. The molecule has 24 heavy (non-hydrogen) atoms. The second kappa shape index (κ2) is 8.60. The SMILES string of the molecule is CC(CNc1cccc(OCC2CCCO2)c1)Oc1ccccc1. The monoisotopic (exact) mass is 327 g/mol. The second-order valence-corrected chi connectivity index (χ2v) is 6.10. The molecule has 0 radical (unpaired) electrons. The Hall–Kier alpha value is -2.20. The molecule has 0 amide bonds. The fourth-order valence-corrected chi connectivity index (χ4v) is 2.70. The molecule has 0 aromatic heterocycles. The summed E-state index contributed by atoms with van der Waals surface area (Å²) in [5.41, 5.74) is 1.03. The Morgan fingerprint density at radius 2 is 1.96 bits per heavy atom. The number of benzene rings is 2. The second-order valence-electron chi connectivity index (χ2n) is 6.10. The number of rotatable bonds is 8. The van der Waals surface area contributed by atoms with Gasteiger partial charge in [0.1, 0.15) is 24.2 Å². The van der Waals surface area contributed by atoms with Crippen LogP contribution >= 0.6 is 0 Å². The topological polar surface area (TPSA) is 39.7 Å². The van der Waals surface area contributed by atoms with E-state index < -0.39 is 0 Å². The first-order valence-electron chi connectivity index (χ1n) is 8.59. The third-order valence-corrected chi connectivity index (χ3v) is 3.97. The van der Waals surface area contributed by atoms with Crippen LogP contribution in [0.1, 0.15) is 19.8 Å². The van der Waals surface area contributed by atoms with E-state index in [9.17, 15) is 0 Å². The molecule has 0 bridgehead atoms. The zero-order valence-corrected chi connectivity index (χ0v) is 14.1. The van der Waals surface area contributed by atoms with E-state index >= 15 is 0 Å². The first-order valence-corrected chi connectivity index (χ1v) is 8.59. The van der Waals surface area contributed by atoms with Gasteiger partial charge >= 0.3 is 0 Å². The fourth-order valence-electron chi connectivity index (χ4n) is 2.70. The molecule has 1 N–H and O–H groups in total. The van der Waals surface area contributed by atoms with E-state index in [-0.39, 0.29) is 12.2 Å². The Balaban J connectivity index is 1.45. The molecule has 4 heteroatoms. The highest BCUT2D eigenvalue weighted by atomic mass is 16.5. The van der Waals surface area contributed by atoms with Crippen LogP contribution in [0, 0.1) is 0 Å². The summed E-state index contributed by atoms with van der Waals surface area (Å²) < 4.78 is 17.3. The van der Waals surface area contributed by atoms with E-state index in [2.05, 4.69) is 12.2 Å². The molecule has 2 aromatic rings. The van der Waals surface area contributed by atoms with E-state index in [0.29, 0.717) is 6.61 Å². The standard InChI is InChI=1S/C20H25NO3/c1-16(24-18-8-3-2-4-9-18)14-21-17-7-5-10-19(13-17)23-15-20-11-6-12-22-20/h2-5,7-10,13,16,20-21H,6,11-12,14-15H2,1H3. The lowest BCUT2D eigenvalue weighted by atomic mass is 10.2. The number of para-hydroxylation sites is 1. The zero-order valence-electron chi connectivity index (χ0n) is 14.1. The van der Waals surface area contributed by atoms with E-state index in [1.807, 2.05) is 54.6 Å². The van der Waals surface area contributed by atoms with Crippen molar-refractivity contribution in [3.8, 4) is 11.5 Å². The van der Waals surface area contributed by atoms with Crippen molar-refractivity contribution < 1.29 is 14.2 Å². The molecule has 128 valence electrons. The van der Waals surface area contributed by atoms with Crippen molar-refractivity contribution in [1.29, 1.82) is 0 Å². The van der Waals surface area contributed by atoms with Crippen molar-refractivity contribution >= 4 is 5.69 Å². The first-order chi connectivity index (χ1) is 11.8. The van der Waals surface area contributed by atoms with Crippen molar-refractivity contribution in [2.24, 2.45) is 0 Å². The molecule has 1 fully saturated rings. The van der Waals surface area contributed by atoms with Crippen molar-refractivity contribution in [1.82, 2.24) is 0 Å². The Labute approximate surface area is 143 Å². The minimum absolute atomic E-state index is 0.0730. The van der Waals surface area contributed by atoms with Crippen molar-refractivity contribution in [2.75, 3.05) is 25.1 Å². The molecule has 2 aromatic carbocycles. The molecule has 0 aliphatic carbocycles. The predicted molar refractivity (Wildman–Crippen MR) is 95.9 cm³/mol. The van der Waals surface area contributed by atoms with Gasteiger partial charge in [-0.1, -0.05) is 24.3 Å². The maximum absolute atomic E-state index is 5.87. The lowest BCUT2D eigenvalue weighted by Gasteiger charge is -2.17. The van der Waals surface area contributed by atoms with Gasteiger partial charge in [0.05, 0.1) is 12.6 Å². The lowest BCUT2D eigenvalue weighted by molar-refractivity contribution is 0.0680.